The molecule has 3 heteroatoms. The topological polar surface area (TPSA) is 29.5 Å². The maximum atomic E-state index is 12.3. The van der Waals surface area contributed by atoms with Crippen molar-refractivity contribution in [1.82, 2.24) is 4.90 Å². The summed E-state index contributed by atoms with van der Waals surface area (Å²) in [5.74, 6) is 1.21. The van der Waals surface area contributed by atoms with Gasteiger partial charge in [-0.25, -0.2) is 0 Å². The van der Waals surface area contributed by atoms with E-state index in [1.54, 1.807) is 0 Å². The van der Waals surface area contributed by atoms with Crippen molar-refractivity contribution in [2.45, 2.75) is 26.2 Å². The molecule has 0 aliphatic carbocycles. The van der Waals surface area contributed by atoms with Crippen LogP contribution in [0.2, 0.25) is 0 Å². The van der Waals surface area contributed by atoms with Crippen molar-refractivity contribution in [3.05, 3.63) is 35.4 Å². The summed E-state index contributed by atoms with van der Waals surface area (Å²) in [6.45, 7) is 5.53. The van der Waals surface area contributed by atoms with Gasteiger partial charge in [-0.1, -0.05) is 24.3 Å². The minimum absolute atomic E-state index is 0.211. The summed E-state index contributed by atoms with van der Waals surface area (Å²) in [5.41, 5.74) is 2.79. The molecular formula is C17H23NO2. The van der Waals surface area contributed by atoms with Crippen LogP contribution in [-0.4, -0.2) is 37.1 Å². The molecule has 2 saturated heterocycles. The smallest absolute Gasteiger partial charge is 0.225 e. The first-order valence-corrected chi connectivity index (χ1v) is 7.65. The molecule has 108 valence electrons. The second-order valence-electron chi connectivity index (χ2n) is 6.13. The molecule has 20 heavy (non-hydrogen) atoms. The highest BCUT2D eigenvalue weighted by Gasteiger charge is 2.34. The van der Waals surface area contributed by atoms with Gasteiger partial charge < -0.3 is 9.64 Å². The second kappa shape index (κ2) is 5.96. The number of amides is 1. The van der Waals surface area contributed by atoms with E-state index in [1.807, 2.05) is 4.90 Å². The Bertz CT molecular complexity index is 474. The zero-order valence-corrected chi connectivity index (χ0v) is 12.2. The molecule has 2 fully saturated rings. The number of carbonyl (C=O) groups excluding carboxylic acids is 1. The lowest BCUT2D eigenvalue weighted by molar-refractivity contribution is -0.145. The molecule has 1 amide bonds. The number of nitrogens with zero attached hydrogens (tertiary/aromatic N) is 1. The second-order valence-corrected chi connectivity index (χ2v) is 6.13. The maximum absolute atomic E-state index is 12.3. The third kappa shape index (κ3) is 2.88. The molecule has 0 N–H and O–H groups in total. The van der Waals surface area contributed by atoms with Crippen molar-refractivity contribution in [2.75, 3.05) is 26.3 Å². The van der Waals surface area contributed by atoms with Crippen LogP contribution in [-0.2, 0) is 16.0 Å². The van der Waals surface area contributed by atoms with Crippen LogP contribution in [0.1, 0.15) is 24.0 Å². The van der Waals surface area contributed by atoms with E-state index in [-0.39, 0.29) is 5.92 Å². The average molecular weight is 273 g/mol. The number of ether oxygens (including phenoxy) is 1. The van der Waals surface area contributed by atoms with Gasteiger partial charge in [0.15, 0.2) is 0 Å². The molecule has 2 aliphatic rings. The van der Waals surface area contributed by atoms with E-state index in [1.165, 1.54) is 11.1 Å². The molecular weight excluding hydrogens is 250 g/mol. The van der Waals surface area contributed by atoms with Gasteiger partial charge in [0, 0.05) is 32.2 Å². The number of benzene rings is 1. The molecule has 0 radical (unpaired) electrons. The molecule has 3 rings (SSSR count). The number of hydrogen-bond donors (Lipinski definition) is 0. The molecule has 1 aromatic rings. The highest BCUT2D eigenvalue weighted by molar-refractivity contribution is 5.79. The van der Waals surface area contributed by atoms with Crippen molar-refractivity contribution in [2.24, 2.45) is 11.8 Å². The number of rotatable bonds is 3. The number of likely N-dealkylation sites (tertiary alicyclic amines) is 1. The van der Waals surface area contributed by atoms with E-state index in [2.05, 4.69) is 31.2 Å². The number of aryl methyl sites for hydroxylation is 1. The van der Waals surface area contributed by atoms with Gasteiger partial charge in [-0.2, -0.15) is 0 Å². The summed E-state index contributed by atoms with van der Waals surface area (Å²) < 4.78 is 5.32. The van der Waals surface area contributed by atoms with Gasteiger partial charge in [0.1, 0.15) is 0 Å². The molecule has 2 heterocycles. The average Bonchev–Trinajstić information content (AvgIpc) is 2.44. The Hall–Kier alpha value is -1.35. The Morgan fingerprint density at radius 2 is 1.95 bits per heavy atom. The number of carbonyl (C=O) groups is 1. The van der Waals surface area contributed by atoms with Crippen molar-refractivity contribution < 1.29 is 9.53 Å². The van der Waals surface area contributed by atoms with Crippen LogP contribution in [0, 0.1) is 18.8 Å². The molecule has 0 unspecified atom stereocenters. The first-order valence-electron chi connectivity index (χ1n) is 7.65. The SMILES string of the molecule is Cc1ccccc1CC1CN(C(=O)C2CCOCC2)C1. The molecule has 0 bridgehead atoms. The van der Waals surface area contributed by atoms with E-state index in [4.69, 9.17) is 4.74 Å². The van der Waals surface area contributed by atoms with Gasteiger partial charge in [-0.05, 0) is 43.2 Å². The van der Waals surface area contributed by atoms with E-state index in [0.717, 1.165) is 45.6 Å². The lowest BCUT2D eigenvalue weighted by Crippen LogP contribution is -2.53. The lowest BCUT2D eigenvalue weighted by atomic mass is 9.88. The summed E-state index contributed by atoms with van der Waals surface area (Å²) in [5, 5.41) is 0. The van der Waals surface area contributed by atoms with Crippen LogP contribution in [0.3, 0.4) is 0 Å². The normalized spacial score (nSPS) is 20.8. The van der Waals surface area contributed by atoms with E-state index < -0.39 is 0 Å². The van der Waals surface area contributed by atoms with E-state index >= 15 is 0 Å². The maximum Gasteiger partial charge on any atom is 0.225 e. The molecule has 2 aliphatic heterocycles. The van der Waals surface area contributed by atoms with Crippen molar-refractivity contribution in [3.63, 3.8) is 0 Å². The van der Waals surface area contributed by atoms with Gasteiger partial charge in [0.25, 0.3) is 0 Å². The summed E-state index contributed by atoms with van der Waals surface area (Å²) in [7, 11) is 0. The predicted molar refractivity (Wildman–Crippen MR) is 78.5 cm³/mol. The Balaban J connectivity index is 1.49. The highest BCUT2D eigenvalue weighted by Crippen LogP contribution is 2.26. The van der Waals surface area contributed by atoms with Gasteiger partial charge in [-0.3, -0.25) is 4.79 Å². The van der Waals surface area contributed by atoms with Gasteiger partial charge >= 0.3 is 0 Å². The van der Waals surface area contributed by atoms with Crippen molar-refractivity contribution in [3.8, 4) is 0 Å². The zero-order chi connectivity index (χ0) is 13.9. The molecule has 1 aromatic carbocycles. The number of hydrogen-bond acceptors (Lipinski definition) is 2. The van der Waals surface area contributed by atoms with Gasteiger partial charge in [-0.15, -0.1) is 0 Å². The Labute approximate surface area is 120 Å². The Morgan fingerprint density at radius 1 is 1.25 bits per heavy atom. The monoisotopic (exact) mass is 273 g/mol. The van der Waals surface area contributed by atoms with E-state index in [0.29, 0.717) is 11.8 Å². The summed E-state index contributed by atoms with van der Waals surface area (Å²) in [6.07, 6.45) is 2.90. The third-order valence-electron chi connectivity index (χ3n) is 4.61. The fourth-order valence-corrected chi connectivity index (χ4v) is 3.23. The molecule has 3 nitrogen and oxygen atoms in total. The predicted octanol–water partition coefficient (Wildman–Crippen LogP) is 2.42. The summed E-state index contributed by atoms with van der Waals surface area (Å²) in [6, 6.07) is 8.56. The third-order valence-corrected chi connectivity index (χ3v) is 4.61. The van der Waals surface area contributed by atoms with Crippen molar-refractivity contribution in [1.29, 1.82) is 0 Å². The van der Waals surface area contributed by atoms with Gasteiger partial charge in [0.05, 0.1) is 0 Å². The molecule has 0 atom stereocenters. The van der Waals surface area contributed by atoms with Crippen molar-refractivity contribution >= 4 is 5.91 Å². The van der Waals surface area contributed by atoms with Crippen LogP contribution < -0.4 is 0 Å². The fourth-order valence-electron chi connectivity index (χ4n) is 3.23. The minimum Gasteiger partial charge on any atom is -0.381 e. The summed E-state index contributed by atoms with van der Waals surface area (Å²) in [4.78, 5) is 14.4. The lowest BCUT2D eigenvalue weighted by Gasteiger charge is -2.42. The first-order chi connectivity index (χ1) is 9.74. The molecule has 0 aromatic heterocycles. The molecule has 0 saturated carbocycles. The highest BCUT2D eigenvalue weighted by atomic mass is 16.5. The van der Waals surface area contributed by atoms with E-state index in [9.17, 15) is 4.79 Å². The van der Waals surface area contributed by atoms with Crippen LogP contribution in [0.5, 0.6) is 0 Å². The quantitative estimate of drug-likeness (QED) is 0.846. The molecule has 0 spiro atoms. The van der Waals surface area contributed by atoms with Crippen LogP contribution >= 0.6 is 0 Å². The van der Waals surface area contributed by atoms with Crippen LogP contribution in [0.25, 0.3) is 0 Å². The zero-order valence-electron chi connectivity index (χ0n) is 12.2. The fraction of sp³-hybridized carbons (Fsp3) is 0.588. The largest absolute Gasteiger partial charge is 0.381 e. The van der Waals surface area contributed by atoms with Crippen LogP contribution in [0.15, 0.2) is 24.3 Å². The van der Waals surface area contributed by atoms with Crippen LogP contribution in [0.4, 0.5) is 0 Å². The Morgan fingerprint density at radius 3 is 2.65 bits per heavy atom. The summed E-state index contributed by atoms with van der Waals surface area (Å²) >= 11 is 0. The first kappa shape index (κ1) is 13.6. The van der Waals surface area contributed by atoms with Gasteiger partial charge in [0.2, 0.25) is 5.91 Å². The standard InChI is InChI=1S/C17H23NO2/c1-13-4-2-3-5-16(13)10-14-11-18(12-14)17(19)15-6-8-20-9-7-15/h2-5,14-15H,6-12H2,1H3. The Kier molecular flexibility index (Phi) is 4.06. The minimum atomic E-state index is 0.211.